The first-order valence-electron chi connectivity index (χ1n) is 8.33. The van der Waals surface area contributed by atoms with Crippen molar-refractivity contribution >= 4 is 33.0 Å². The Balaban J connectivity index is 1.88. The van der Waals surface area contributed by atoms with E-state index in [1.165, 1.54) is 18.2 Å². The molecule has 8 nitrogen and oxygen atoms in total. The topological polar surface area (TPSA) is 107 Å². The van der Waals surface area contributed by atoms with Crippen molar-refractivity contribution in [1.29, 1.82) is 0 Å². The fourth-order valence-corrected chi connectivity index (χ4v) is 4.15. The third-order valence-corrected chi connectivity index (χ3v) is 6.03. The van der Waals surface area contributed by atoms with Gasteiger partial charge in [-0.3, -0.25) is 19.5 Å². The minimum atomic E-state index is -3.98. The number of non-ortho nitro benzene ring substituents is 1. The summed E-state index contributed by atoms with van der Waals surface area (Å²) in [5, 5.41) is 15.3. The van der Waals surface area contributed by atoms with E-state index in [1.54, 1.807) is 18.5 Å². The number of aryl methyl sites for hydroxylation is 1. The molecule has 0 fully saturated rings. The van der Waals surface area contributed by atoms with Gasteiger partial charge < -0.3 is 0 Å². The van der Waals surface area contributed by atoms with Crippen molar-refractivity contribution < 1.29 is 17.7 Å². The molecule has 0 aliphatic carbocycles. The summed E-state index contributed by atoms with van der Waals surface area (Å²) in [5.41, 5.74) is 1.69. The maximum absolute atomic E-state index is 13.2. The van der Waals surface area contributed by atoms with Crippen LogP contribution in [0, 0.1) is 29.8 Å². The summed E-state index contributed by atoms with van der Waals surface area (Å²) >= 11 is 6.06. The normalized spacial score (nSPS) is 11.4. The lowest BCUT2D eigenvalue weighted by Gasteiger charge is -2.10. The molecular formula is C18H16ClFN4O4S. The standard InChI is InChI=1S/C18H16ClFN4O4S/c1-11-18(22-29(27,28)16-7-5-15(6-8-16)24(25)26)12(2)23(21-11)10-13-3-4-14(20)9-17(13)19/h3-9,22H,10H2,1-2H3. The van der Waals surface area contributed by atoms with Gasteiger partial charge in [-0.15, -0.1) is 0 Å². The van der Waals surface area contributed by atoms with Crippen LogP contribution in [0.3, 0.4) is 0 Å². The van der Waals surface area contributed by atoms with Crippen molar-refractivity contribution in [2.24, 2.45) is 0 Å². The fraction of sp³-hybridized carbons (Fsp3) is 0.167. The lowest BCUT2D eigenvalue weighted by Crippen LogP contribution is -2.14. The molecule has 0 atom stereocenters. The summed E-state index contributed by atoms with van der Waals surface area (Å²) in [6, 6.07) is 8.57. The number of benzene rings is 2. The van der Waals surface area contributed by atoms with Crippen LogP contribution in [0.15, 0.2) is 47.4 Å². The SMILES string of the molecule is Cc1nn(Cc2ccc(F)cc2Cl)c(C)c1NS(=O)(=O)c1ccc([N+](=O)[O-])cc1. The number of nitro groups is 1. The average molecular weight is 439 g/mol. The second kappa shape index (κ2) is 7.80. The molecule has 0 unspecified atom stereocenters. The van der Waals surface area contributed by atoms with Crippen molar-refractivity contribution in [1.82, 2.24) is 9.78 Å². The fourth-order valence-electron chi connectivity index (χ4n) is 2.75. The molecule has 152 valence electrons. The van der Waals surface area contributed by atoms with E-state index in [2.05, 4.69) is 9.82 Å². The molecule has 1 heterocycles. The van der Waals surface area contributed by atoms with E-state index in [-0.39, 0.29) is 22.2 Å². The van der Waals surface area contributed by atoms with E-state index >= 15 is 0 Å². The number of sulfonamides is 1. The maximum Gasteiger partial charge on any atom is 0.269 e. The van der Waals surface area contributed by atoms with Crippen LogP contribution in [0.1, 0.15) is 17.0 Å². The Labute approximate surface area is 171 Å². The Kier molecular flexibility index (Phi) is 5.58. The van der Waals surface area contributed by atoms with Crippen LogP contribution < -0.4 is 4.72 Å². The summed E-state index contributed by atoms with van der Waals surface area (Å²) in [6.45, 7) is 3.56. The molecule has 1 aromatic heterocycles. The largest absolute Gasteiger partial charge is 0.276 e. The van der Waals surface area contributed by atoms with E-state index in [0.717, 1.165) is 24.3 Å². The Morgan fingerprint density at radius 3 is 2.45 bits per heavy atom. The van der Waals surface area contributed by atoms with Gasteiger partial charge in [0.1, 0.15) is 5.82 Å². The van der Waals surface area contributed by atoms with Crippen molar-refractivity contribution in [3.63, 3.8) is 0 Å². The van der Waals surface area contributed by atoms with E-state index in [9.17, 15) is 22.9 Å². The Morgan fingerprint density at radius 1 is 1.21 bits per heavy atom. The smallest absolute Gasteiger partial charge is 0.269 e. The number of nitrogens with one attached hydrogen (secondary N) is 1. The van der Waals surface area contributed by atoms with E-state index in [4.69, 9.17) is 11.6 Å². The maximum atomic E-state index is 13.2. The minimum Gasteiger partial charge on any atom is -0.276 e. The van der Waals surface area contributed by atoms with Gasteiger partial charge in [-0.1, -0.05) is 17.7 Å². The number of nitrogens with zero attached hydrogens (tertiary/aromatic N) is 3. The molecule has 0 saturated carbocycles. The highest BCUT2D eigenvalue weighted by atomic mass is 35.5. The van der Waals surface area contributed by atoms with Gasteiger partial charge in [0, 0.05) is 17.2 Å². The number of aromatic nitrogens is 2. The quantitative estimate of drug-likeness (QED) is 0.461. The van der Waals surface area contributed by atoms with Crippen molar-refractivity contribution in [2.75, 3.05) is 4.72 Å². The highest BCUT2D eigenvalue weighted by Crippen LogP contribution is 2.26. The Bertz CT molecular complexity index is 1190. The summed E-state index contributed by atoms with van der Waals surface area (Å²) < 4.78 is 42.6. The summed E-state index contributed by atoms with van der Waals surface area (Å²) in [7, 11) is -3.98. The van der Waals surface area contributed by atoms with Gasteiger partial charge in [0.05, 0.1) is 33.4 Å². The lowest BCUT2D eigenvalue weighted by atomic mass is 10.2. The van der Waals surface area contributed by atoms with E-state index in [1.807, 2.05) is 0 Å². The molecule has 1 N–H and O–H groups in total. The van der Waals surface area contributed by atoms with E-state index in [0.29, 0.717) is 22.6 Å². The molecule has 0 amide bonds. The summed E-state index contributed by atoms with van der Waals surface area (Å²) in [4.78, 5) is 10.0. The number of halogens is 2. The van der Waals surface area contributed by atoms with Gasteiger partial charge in [-0.2, -0.15) is 5.10 Å². The van der Waals surface area contributed by atoms with Gasteiger partial charge in [-0.25, -0.2) is 12.8 Å². The van der Waals surface area contributed by atoms with Gasteiger partial charge in [0.2, 0.25) is 0 Å². The van der Waals surface area contributed by atoms with Crippen LogP contribution in [-0.2, 0) is 16.6 Å². The molecule has 0 spiro atoms. The first-order valence-corrected chi connectivity index (χ1v) is 10.2. The zero-order valence-corrected chi connectivity index (χ0v) is 17.0. The van der Waals surface area contributed by atoms with Crippen LogP contribution in [0.2, 0.25) is 5.02 Å². The summed E-state index contributed by atoms with van der Waals surface area (Å²) in [6.07, 6.45) is 0. The monoisotopic (exact) mass is 438 g/mol. The molecule has 0 bridgehead atoms. The highest BCUT2D eigenvalue weighted by Gasteiger charge is 2.21. The number of hydrogen-bond acceptors (Lipinski definition) is 5. The van der Waals surface area contributed by atoms with Crippen LogP contribution >= 0.6 is 11.6 Å². The van der Waals surface area contributed by atoms with Crippen LogP contribution in [0.4, 0.5) is 15.8 Å². The molecule has 3 rings (SSSR count). The Hall–Kier alpha value is -2.98. The number of anilines is 1. The second-order valence-electron chi connectivity index (χ2n) is 6.30. The Morgan fingerprint density at radius 2 is 1.86 bits per heavy atom. The molecule has 2 aromatic carbocycles. The lowest BCUT2D eigenvalue weighted by molar-refractivity contribution is -0.384. The number of rotatable bonds is 6. The van der Waals surface area contributed by atoms with Gasteiger partial charge in [0.25, 0.3) is 15.7 Å². The second-order valence-corrected chi connectivity index (χ2v) is 8.39. The molecule has 0 aliphatic heterocycles. The van der Waals surface area contributed by atoms with Gasteiger partial charge in [0.15, 0.2) is 0 Å². The van der Waals surface area contributed by atoms with Gasteiger partial charge >= 0.3 is 0 Å². The highest BCUT2D eigenvalue weighted by molar-refractivity contribution is 7.92. The van der Waals surface area contributed by atoms with Crippen molar-refractivity contribution in [3.05, 3.63) is 80.4 Å². The van der Waals surface area contributed by atoms with Crippen LogP contribution in [0.25, 0.3) is 0 Å². The molecule has 0 radical (unpaired) electrons. The zero-order valence-electron chi connectivity index (χ0n) is 15.4. The molecule has 11 heteroatoms. The van der Waals surface area contributed by atoms with Crippen LogP contribution in [-0.4, -0.2) is 23.1 Å². The van der Waals surface area contributed by atoms with Crippen LogP contribution in [0.5, 0.6) is 0 Å². The zero-order chi connectivity index (χ0) is 21.3. The third-order valence-electron chi connectivity index (χ3n) is 4.31. The molecular weight excluding hydrogens is 423 g/mol. The first kappa shape index (κ1) is 20.7. The number of hydrogen-bond donors (Lipinski definition) is 1. The molecule has 29 heavy (non-hydrogen) atoms. The van der Waals surface area contributed by atoms with Crippen molar-refractivity contribution in [3.8, 4) is 0 Å². The van der Waals surface area contributed by atoms with E-state index < -0.39 is 20.8 Å². The predicted molar refractivity (Wildman–Crippen MR) is 106 cm³/mol. The molecule has 3 aromatic rings. The predicted octanol–water partition coefficient (Wildman–Crippen LogP) is 4.05. The van der Waals surface area contributed by atoms with Gasteiger partial charge in [-0.05, 0) is 43.7 Å². The number of nitro benzene ring substituents is 1. The first-order chi connectivity index (χ1) is 13.6. The molecule has 0 saturated heterocycles. The average Bonchev–Trinajstić information content (AvgIpc) is 2.91. The third kappa shape index (κ3) is 4.38. The minimum absolute atomic E-state index is 0.115. The summed E-state index contributed by atoms with van der Waals surface area (Å²) in [5.74, 6) is -0.455. The molecule has 0 aliphatic rings. The van der Waals surface area contributed by atoms with Crippen molar-refractivity contribution in [2.45, 2.75) is 25.3 Å².